The van der Waals surface area contributed by atoms with Crippen LogP contribution in [0.15, 0.2) is 22.7 Å². The highest BCUT2D eigenvalue weighted by Gasteiger charge is 1.83. The Morgan fingerprint density at radius 2 is 2.25 bits per heavy atom. The van der Waals surface area contributed by atoms with Crippen LogP contribution in [0.1, 0.15) is 5.56 Å². The molecule has 0 saturated heterocycles. The minimum atomic E-state index is 1.09. The molecule has 0 bridgehead atoms. The molecule has 0 fully saturated rings. The van der Waals surface area contributed by atoms with Crippen LogP contribution in [0.4, 0.5) is 0 Å². The Labute approximate surface area is 57.7 Å². The first kappa shape index (κ1) is 5.83. The topological polar surface area (TPSA) is 0 Å². The van der Waals surface area contributed by atoms with Crippen molar-refractivity contribution in [3.63, 3.8) is 0 Å². The van der Waals surface area contributed by atoms with Gasteiger partial charge in [0, 0.05) is 4.47 Å². The van der Waals surface area contributed by atoms with Crippen LogP contribution >= 0.6 is 15.9 Å². The van der Waals surface area contributed by atoms with Crippen molar-refractivity contribution in [2.24, 2.45) is 0 Å². The van der Waals surface area contributed by atoms with E-state index in [0.29, 0.717) is 0 Å². The summed E-state index contributed by atoms with van der Waals surface area (Å²) in [5, 5.41) is 0. The van der Waals surface area contributed by atoms with Gasteiger partial charge < -0.3 is 0 Å². The van der Waals surface area contributed by atoms with E-state index in [-0.39, 0.29) is 0 Å². The van der Waals surface area contributed by atoms with Gasteiger partial charge in [-0.1, -0.05) is 22.0 Å². The molecule has 0 atom stereocenters. The van der Waals surface area contributed by atoms with Gasteiger partial charge >= 0.3 is 0 Å². The number of hydrogen-bond donors (Lipinski definition) is 0. The maximum atomic E-state index is 3.33. The minimum absolute atomic E-state index is 1.09. The van der Waals surface area contributed by atoms with Crippen LogP contribution in [-0.4, -0.2) is 0 Å². The van der Waals surface area contributed by atoms with Crippen LogP contribution in [0.2, 0.25) is 0 Å². The first-order chi connectivity index (χ1) is 3.79. The van der Waals surface area contributed by atoms with Gasteiger partial charge in [-0.2, -0.15) is 0 Å². The zero-order valence-electron chi connectivity index (χ0n) is 4.61. The lowest BCUT2D eigenvalue weighted by Crippen LogP contribution is -1.67. The van der Waals surface area contributed by atoms with E-state index in [2.05, 4.69) is 28.1 Å². The molecule has 0 aliphatic heterocycles. The molecule has 41 valence electrons. The van der Waals surface area contributed by atoms with E-state index >= 15 is 0 Å². The van der Waals surface area contributed by atoms with Gasteiger partial charge in [-0.05, 0) is 30.7 Å². The van der Waals surface area contributed by atoms with E-state index in [1.54, 1.807) is 0 Å². The molecule has 0 saturated carbocycles. The monoisotopic (exact) mass is 169 g/mol. The fourth-order valence-corrected chi connectivity index (χ4v) is 1.05. The molecule has 1 radical (unpaired) electrons. The molecule has 1 aromatic rings. The molecule has 1 aromatic carbocycles. The Balaban J connectivity index is 3.08. The fourth-order valence-electron chi connectivity index (χ4n) is 0.554. The summed E-state index contributed by atoms with van der Waals surface area (Å²) in [4.78, 5) is 0. The molecule has 0 nitrogen and oxygen atoms in total. The van der Waals surface area contributed by atoms with Gasteiger partial charge in [0.25, 0.3) is 0 Å². The third kappa shape index (κ3) is 1.34. The highest BCUT2D eigenvalue weighted by atomic mass is 79.9. The average Bonchev–Trinajstić information content (AvgIpc) is 1.64. The molecule has 1 heteroatoms. The van der Waals surface area contributed by atoms with E-state index in [9.17, 15) is 0 Å². The molecule has 0 aromatic heterocycles. The van der Waals surface area contributed by atoms with E-state index < -0.39 is 0 Å². The number of rotatable bonds is 0. The van der Waals surface area contributed by atoms with Crippen LogP contribution in [0.3, 0.4) is 0 Å². The van der Waals surface area contributed by atoms with Gasteiger partial charge in [-0.25, -0.2) is 0 Å². The maximum Gasteiger partial charge on any atom is 0.0184 e. The molecule has 8 heavy (non-hydrogen) atoms. The second-order valence-electron chi connectivity index (χ2n) is 1.73. The molecular formula is C7H6Br. The van der Waals surface area contributed by atoms with Crippen LogP contribution in [0.5, 0.6) is 0 Å². The Bertz CT molecular complexity index is 164. The molecule has 0 amide bonds. The third-order valence-electron chi connectivity index (χ3n) is 0.898. The molecule has 0 heterocycles. The standard InChI is InChI=1S/C7H6Br/c1-6-3-2-4-7(8)5-6/h3-5H,1H3. The lowest BCUT2D eigenvalue weighted by atomic mass is 10.2. The first-order valence-corrected chi connectivity index (χ1v) is 3.21. The number of benzene rings is 1. The molecule has 1 rings (SSSR count). The Hall–Kier alpha value is -0.300. The van der Waals surface area contributed by atoms with Crippen LogP contribution in [0, 0.1) is 13.0 Å². The first-order valence-electron chi connectivity index (χ1n) is 2.42. The smallest absolute Gasteiger partial charge is 0.0184 e. The van der Waals surface area contributed by atoms with Gasteiger partial charge in [0.15, 0.2) is 0 Å². The van der Waals surface area contributed by atoms with Crippen molar-refractivity contribution in [1.29, 1.82) is 0 Å². The predicted molar refractivity (Wildman–Crippen MR) is 37.7 cm³/mol. The van der Waals surface area contributed by atoms with Crippen molar-refractivity contribution >= 4 is 15.9 Å². The highest BCUT2D eigenvalue weighted by molar-refractivity contribution is 9.10. The normalized spacial score (nSPS) is 9.25. The van der Waals surface area contributed by atoms with E-state index in [1.165, 1.54) is 5.56 Å². The van der Waals surface area contributed by atoms with Gasteiger partial charge in [-0.15, -0.1) is 0 Å². The zero-order valence-corrected chi connectivity index (χ0v) is 6.20. The Kier molecular flexibility index (Phi) is 1.69. The number of hydrogen-bond acceptors (Lipinski definition) is 0. The molecule has 0 aliphatic carbocycles. The van der Waals surface area contributed by atoms with Crippen molar-refractivity contribution in [2.45, 2.75) is 6.92 Å². The second-order valence-corrected chi connectivity index (χ2v) is 2.64. The van der Waals surface area contributed by atoms with Crippen molar-refractivity contribution < 1.29 is 0 Å². The van der Waals surface area contributed by atoms with Crippen LogP contribution in [-0.2, 0) is 0 Å². The maximum absolute atomic E-state index is 3.33. The molecule has 0 aliphatic rings. The summed E-state index contributed by atoms with van der Waals surface area (Å²) in [6, 6.07) is 8.88. The van der Waals surface area contributed by atoms with Gasteiger partial charge in [0.05, 0.1) is 0 Å². The van der Waals surface area contributed by atoms with E-state index in [1.807, 2.05) is 19.1 Å². The minimum Gasteiger partial charge on any atom is -0.0514 e. The zero-order chi connectivity index (χ0) is 5.98. The molecule has 0 spiro atoms. The van der Waals surface area contributed by atoms with Gasteiger partial charge in [0.1, 0.15) is 0 Å². The van der Waals surface area contributed by atoms with Crippen molar-refractivity contribution in [3.05, 3.63) is 34.3 Å². The second kappa shape index (κ2) is 2.31. The van der Waals surface area contributed by atoms with Gasteiger partial charge in [0.2, 0.25) is 0 Å². The van der Waals surface area contributed by atoms with Crippen molar-refractivity contribution in [1.82, 2.24) is 0 Å². The van der Waals surface area contributed by atoms with Crippen LogP contribution < -0.4 is 0 Å². The van der Waals surface area contributed by atoms with E-state index in [4.69, 9.17) is 0 Å². The third-order valence-corrected chi connectivity index (χ3v) is 1.36. The Morgan fingerprint density at radius 3 is 2.62 bits per heavy atom. The summed E-state index contributed by atoms with van der Waals surface area (Å²) in [6.45, 7) is 2.04. The lowest BCUT2D eigenvalue weighted by molar-refractivity contribution is 1.45. The average molecular weight is 170 g/mol. The predicted octanol–water partition coefficient (Wildman–Crippen LogP) is 2.56. The molecule has 0 N–H and O–H groups in total. The Morgan fingerprint density at radius 1 is 1.50 bits per heavy atom. The highest BCUT2D eigenvalue weighted by Crippen LogP contribution is 2.09. The summed E-state index contributed by atoms with van der Waals surface area (Å²) >= 11 is 3.33. The van der Waals surface area contributed by atoms with Crippen LogP contribution in [0.25, 0.3) is 0 Å². The quantitative estimate of drug-likeness (QED) is 0.561. The van der Waals surface area contributed by atoms with Crippen molar-refractivity contribution in [3.8, 4) is 0 Å². The summed E-state index contributed by atoms with van der Waals surface area (Å²) in [6.07, 6.45) is 0. The number of aryl methyl sites for hydroxylation is 1. The van der Waals surface area contributed by atoms with Crippen molar-refractivity contribution in [2.75, 3.05) is 0 Å². The molecular weight excluding hydrogens is 164 g/mol. The fraction of sp³-hybridized carbons (Fsp3) is 0.143. The van der Waals surface area contributed by atoms with Gasteiger partial charge in [-0.3, -0.25) is 0 Å². The summed E-state index contributed by atoms with van der Waals surface area (Å²) in [5.74, 6) is 0. The summed E-state index contributed by atoms with van der Waals surface area (Å²) in [5.41, 5.74) is 1.24. The van der Waals surface area contributed by atoms with E-state index in [0.717, 1.165) is 4.47 Å². The molecule has 0 unspecified atom stereocenters. The lowest BCUT2D eigenvalue weighted by Gasteiger charge is -1.88. The summed E-state index contributed by atoms with van der Waals surface area (Å²) < 4.78 is 1.09. The summed E-state index contributed by atoms with van der Waals surface area (Å²) in [7, 11) is 0. The SMILES string of the molecule is Cc1c[c]cc(Br)c1. The largest absolute Gasteiger partial charge is 0.0514 e. The number of halogens is 1.